The Balaban J connectivity index is 1.78. The van der Waals surface area contributed by atoms with Crippen molar-refractivity contribution in [3.05, 3.63) is 23.7 Å². The van der Waals surface area contributed by atoms with Crippen LogP contribution in [0.1, 0.15) is 43.6 Å². The highest BCUT2D eigenvalue weighted by Gasteiger charge is 2.30. The van der Waals surface area contributed by atoms with Gasteiger partial charge in [-0.25, -0.2) is 0 Å². The van der Waals surface area contributed by atoms with E-state index >= 15 is 0 Å². The lowest BCUT2D eigenvalue weighted by Gasteiger charge is -2.35. The molecule has 2 rings (SSSR count). The summed E-state index contributed by atoms with van der Waals surface area (Å²) in [4.78, 5) is 0. The molecule has 1 aliphatic rings. The molecular weight excluding hydrogens is 258 g/mol. The number of hydrogen-bond donors (Lipinski definition) is 2. The molecule has 0 aliphatic heterocycles. The Kier molecular flexibility index (Phi) is 5.79. The first-order valence-corrected chi connectivity index (χ1v) is 8.55. The highest BCUT2D eigenvalue weighted by Crippen LogP contribution is 2.35. The SMILES string of the molecule is CSCc1ccc(CNCC2(CO)CCCCC2)o1. The van der Waals surface area contributed by atoms with Crippen LogP contribution in [0.2, 0.25) is 0 Å². The topological polar surface area (TPSA) is 45.4 Å². The molecule has 4 heteroatoms. The molecule has 1 aliphatic carbocycles. The summed E-state index contributed by atoms with van der Waals surface area (Å²) in [7, 11) is 0. The second-order valence-corrected chi connectivity index (χ2v) is 6.49. The molecule has 1 aromatic heterocycles. The van der Waals surface area contributed by atoms with E-state index in [1.165, 1.54) is 19.3 Å². The van der Waals surface area contributed by atoms with Crippen LogP contribution in [0.25, 0.3) is 0 Å². The molecule has 0 radical (unpaired) electrons. The summed E-state index contributed by atoms with van der Waals surface area (Å²) in [5.41, 5.74) is 0.104. The maximum absolute atomic E-state index is 9.65. The monoisotopic (exact) mass is 283 g/mol. The van der Waals surface area contributed by atoms with Crippen molar-refractivity contribution < 1.29 is 9.52 Å². The van der Waals surface area contributed by atoms with Gasteiger partial charge in [-0.2, -0.15) is 11.8 Å². The fourth-order valence-corrected chi connectivity index (χ4v) is 3.32. The van der Waals surface area contributed by atoms with E-state index in [4.69, 9.17) is 4.42 Å². The molecular formula is C15H25NO2S. The summed E-state index contributed by atoms with van der Waals surface area (Å²) in [6, 6.07) is 4.10. The molecule has 1 aromatic rings. The van der Waals surface area contributed by atoms with Gasteiger partial charge in [0.2, 0.25) is 0 Å². The predicted octanol–water partition coefficient (Wildman–Crippen LogP) is 3.18. The van der Waals surface area contributed by atoms with Crippen LogP contribution in [-0.4, -0.2) is 24.5 Å². The van der Waals surface area contributed by atoms with Gasteiger partial charge in [0.05, 0.1) is 12.3 Å². The van der Waals surface area contributed by atoms with Gasteiger partial charge in [-0.15, -0.1) is 0 Å². The van der Waals surface area contributed by atoms with Crippen LogP contribution in [0, 0.1) is 5.41 Å². The van der Waals surface area contributed by atoms with Crippen LogP contribution in [0.15, 0.2) is 16.5 Å². The lowest BCUT2D eigenvalue weighted by molar-refractivity contribution is 0.0805. The zero-order valence-electron chi connectivity index (χ0n) is 11.8. The average molecular weight is 283 g/mol. The highest BCUT2D eigenvalue weighted by atomic mass is 32.2. The molecule has 1 heterocycles. The predicted molar refractivity (Wildman–Crippen MR) is 80.2 cm³/mol. The van der Waals surface area contributed by atoms with Gasteiger partial charge in [-0.3, -0.25) is 0 Å². The van der Waals surface area contributed by atoms with Crippen molar-refractivity contribution in [1.29, 1.82) is 0 Å². The zero-order valence-corrected chi connectivity index (χ0v) is 12.6. The van der Waals surface area contributed by atoms with E-state index in [1.807, 2.05) is 6.07 Å². The van der Waals surface area contributed by atoms with Crippen molar-refractivity contribution >= 4 is 11.8 Å². The van der Waals surface area contributed by atoms with Crippen molar-refractivity contribution in [2.75, 3.05) is 19.4 Å². The molecule has 0 saturated heterocycles. The standard InChI is InChI=1S/C15H25NO2S/c1-19-10-14-6-5-13(18-14)9-16-11-15(12-17)7-3-2-4-8-15/h5-6,16-17H,2-4,7-12H2,1H3. The molecule has 0 unspecified atom stereocenters. The second kappa shape index (κ2) is 7.36. The van der Waals surface area contributed by atoms with E-state index in [1.54, 1.807) is 11.8 Å². The molecule has 0 spiro atoms. The first-order valence-electron chi connectivity index (χ1n) is 7.16. The third-order valence-electron chi connectivity index (χ3n) is 4.05. The van der Waals surface area contributed by atoms with Crippen LogP contribution in [0.5, 0.6) is 0 Å². The molecule has 1 saturated carbocycles. The summed E-state index contributed by atoms with van der Waals surface area (Å²) < 4.78 is 5.73. The van der Waals surface area contributed by atoms with Gasteiger partial charge in [0.1, 0.15) is 11.5 Å². The molecule has 19 heavy (non-hydrogen) atoms. The minimum absolute atomic E-state index is 0.104. The number of hydrogen-bond acceptors (Lipinski definition) is 4. The average Bonchev–Trinajstić information content (AvgIpc) is 2.88. The van der Waals surface area contributed by atoms with E-state index in [0.717, 1.165) is 43.2 Å². The van der Waals surface area contributed by atoms with E-state index in [9.17, 15) is 5.11 Å². The van der Waals surface area contributed by atoms with Gasteiger partial charge in [0.15, 0.2) is 0 Å². The lowest BCUT2D eigenvalue weighted by Crippen LogP contribution is -2.38. The molecule has 2 N–H and O–H groups in total. The van der Waals surface area contributed by atoms with Crippen LogP contribution in [0.3, 0.4) is 0 Å². The first kappa shape index (κ1) is 14.9. The molecule has 0 amide bonds. The maximum atomic E-state index is 9.65. The highest BCUT2D eigenvalue weighted by molar-refractivity contribution is 7.97. The number of rotatable bonds is 7. The maximum Gasteiger partial charge on any atom is 0.118 e. The number of thioether (sulfide) groups is 1. The van der Waals surface area contributed by atoms with Gasteiger partial charge < -0.3 is 14.8 Å². The van der Waals surface area contributed by atoms with Crippen LogP contribution in [-0.2, 0) is 12.3 Å². The quantitative estimate of drug-likeness (QED) is 0.807. The summed E-state index contributed by atoms with van der Waals surface area (Å²) >= 11 is 1.77. The van der Waals surface area contributed by atoms with Crippen molar-refractivity contribution in [2.45, 2.75) is 44.4 Å². The largest absolute Gasteiger partial charge is 0.464 e. The van der Waals surface area contributed by atoms with Gasteiger partial charge >= 0.3 is 0 Å². The van der Waals surface area contributed by atoms with Gasteiger partial charge in [0.25, 0.3) is 0 Å². The third-order valence-corrected chi connectivity index (χ3v) is 4.63. The summed E-state index contributed by atoms with van der Waals surface area (Å²) in [6.45, 7) is 1.95. The number of nitrogens with one attached hydrogen (secondary N) is 1. The second-order valence-electron chi connectivity index (χ2n) is 5.62. The van der Waals surface area contributed by atoms with E-state index in [-0.39, 0.29) is 5.41 Å². The Labute approximate surface area is 120 Å². The summed E-state index contributed by atoms with van der Waals surface area (Å²) in [6.07, 6.45) is 8.19. The van der Waals surface area contributed by atoms with Crippen molar-refractivity contribution in [3.63, 3.8) is 0 Å². The van der Waals surface area contributed by atoms with E-state index < -0.39 is 0 Å². The van der Waals surface area contributed by atoms with Crippen molar-refractivity contribution in [2.24, 2.45) is 5.41 Å². The van der Waals surface area contributed by atoms with Crippen molar-refractivity contribution in [1.82, 2.24) is 5.32 Å². The summed E-state index contributed by atoms with van der Waals surface area (Å²) in [5, 5.41) is 13.1. The van der Waals surface area contributed by atoms with Gasteiger partial charge in [-0.1, -0.05) is 19.3 Å². The van der Waals surface area contributed by atoms with Crippen LogP contribution in [0.4, 0.5) is 0 Å². The Morgan fingerprint density at radius 2 is 2.00 bits per heavy atom. The van der Waals surface area contributed by atoms with Gasteiger partial charge in [0, 0.05) is 18.6 Å². The van der Waals surface area contributed by atoms with E-state index in [0.29, 0.717) is 6.61 Å². The number of aliphatic hydroxyl groups is 1. The normalized spacial score (nSPS) is 18.6. The third kappa shape index (κ3) is 4.26. The number of aliphatic hydroxyl groups excluding tert-OH is 1. The molecule has 0 bridgehead atoms. The molecule has 0 atom stereocenters. The fourth-order valence-electron chi connectivity index (χ4n) is 2.88. The zero-order chi connectivity index (χ0) is 13.6. The molecule has 108 valence electrons. The Morgan fingerprint density at radius 1 is 1.26 bits per heavy atom. The smallest absolute Gasteiger partial charge is 0.118 e. The van der Waals surface area contributed by atoms with Crippen molar-refractivity contribution in [3.8, 4) is 0 Å². The molecule has 3 nitrogen and oxygen atoms in total. The Hall–Kier alpha value is -0.450. The summed E-state index contributed by atoms with van der Waals surface area (Å²) in [5.74, 6) is 2.97. The molecule has 0 aromatic carbocycles. The van der Waals surface area contributed by atoms with Crippen LogP contribution >= 0.6 is 11.8 Å². The number of furan rings is 1. The molecule has 1 fully saturated rings. The first-order chi connectivity index (χ1) is 9.28. The Morgan fingerprint density at radius 3 is 2.68 bits per heavy atom. The minimum atomic E-state index is 0.104. The minimum Gasteiger partial charge on any atom is -0.464 e. The Bertz CT molecular complexity index is 372. The van der Waals surface area contributed by atoms with Crippen LogP contribution < -0.4 is 5.32 Å². The van der Waals surface area contributed by atoms with Gasteiger partial charge in [-0.05, 0) is 31.2 Å². The van der Waals surface area contributed by atoms with E-state index in [2.05, 4.69) is 17.6 Å². The lowest BCUT2D eigenvalue weighted by atomic mass is 9.74. The fraction of sp³-hybridized carbons (Fsp3) is 0.733.